The summed E-state index contributed by atoms with van der Waals surface area (Å²) >= 11 is 1.24. The molecule has 7 nitrogen and oxygen atoms in total. The van der Waals surface area contributed by atoms with Gasteiger partial charge in [0.25, 0.3) is 0 Å². The van der Waals surface area contributed by atoms with Crippen LogP contribution in [0.2, 0.25) is 0 Å². The molecule has 1 atom stereocenters. The molecule has 0 bridgehead atoms. The van der Waals surface area contributed by atoms with Crippen molar-refractivity contribution in [1.82, 2.24) is 20.2 Å². The summed E-state index contributed by atoms with van der Waals surface area (Å²) in [5.41, 5.74) is 2.77. The molecule has 8 heteroatoms. The molecule has 0 fully saturated rings. The highest BCUT2D eigenvalue weighted by Crippen LogP contribution is 2.25. The molecule has 0 aliphatic rings. The Morgan fingerprint density at radius 1 is 1.21 bits per heavy atom. The molecule has 1 amide bonds. The molecule has 2 aromatic carbocycles. The zero-order valence-electron chi connectivity index (χ0n) is 16.1. The van der Waals surface area contributed by atoms with Gasteiger partial charge in [-0.1, -0.05) is 54.2 Å². The first-order chi connectivity index (χ1) is 14.0. The smallest absolute Gasteiger partial charge is 0.231 e. The lowest BCUT2D eigenvalue weighted by molar-refractivity contribution is -0.119. The fraction of sp³-hybridized carbons (Fsp3) is 0.190. The average Bonchev–Trinajstić information content (AvgIpc) is 3.30. The van der Waals surface area contributed by atoms with E-state index in [1.54, 1.807) is 0 Å². The highest BCUT2D eigenvalue weighted by atomic mass is 32.2. The number of hydrogen-bond donors (Lipinski definition) is 2. The second kappa shape index (κ2) is 8.00. The molecule has 148 valence electrons. The van der Waals surface area contributed by atoms with Gasteiger partial charge in [-0.15, -0.1) is 10.2 Å². The van der Waals surface area contributed by atoms with Gasteiger partial charge in [0.05, 0.1) is 11.8 Å². The molecule has 0 saturated carbocycles. The molecule has 29 heavy (non-hydrogen) atoms. The van der Waals surface area contributed by atoms with E-state index in [1.165, 1.54) is 16.4 Å². The van der Waals surface area contributed by atoms with Gasteiger partial charge >= 0.3 is 0 Å². The predicted octanol–water partition coefficient (Wildman–Crippen LogP) is 3.68. The van der Waals surface area contributed by atoms with Gasteiger partial charge in [0.15, 0.2) is 5.82 Å². The SMILES string of the molecule is Cc1ccccc1-c1nnc(SCC(=O)N[C@@H](C)c2cc3ccccc3o2)n1N. The Kier molecular flexibility index (Phi) is 5.26. The van der Waals surface area contributed by atoms with Crippen LogP contribution in [0.1, 0.15) is 24.3 Å². The Balaban J connectivity index is 1.39. The standard InChI is InChI=1S/C21H21N5O2S/c1-13-7-3-5-9-16(13)20-24-25-21(26(20)22)29-12-19(27)23-14(2)18-11-15-8-4-6-10-17(15)28-18/h3-11,14H,12,22H2,1-2H3,(H,23,27)/t14-/m0/s1. The van der Waals surface area contributed by atoms with E-state index < -0.39 is 0 Å². The molecule has 0 radical (unpaired) electrons. The predicted molar refractivity (Wildman–Crippen MR) is 114 cm³/mol. The van der Waals surface area contributed by atoms with Crippen molar-refractivity contribution in [2.45, 2.75) is 25.0 Å². The molecule has 2 aromatic heterocycles. The van der Waals surface area contributed by atoms with Crippen molar-refractivity contribution >= 4 is 28.6 Å². The monoisotopic (exact) mass is 407 g/mol. The van der Waals surface area contributed by atoms with Gasteiger partial charge in [-0.05, 0) is 31.5 Å². The first kappa shape index (κ1) is 19.1. The minimum absolute atomic E-state index is 0.136. The van der Waals surface area contributed by atoms with E-state index in [1.807, 2.05) is 68.4 Å². The zero-order chi connectivity index (χ0) is 20.4. The Hall–Kier alpha value is -3.26. The number of amides is 1. The summed E-state index contributed by atoms with van der Waals surface area (Å²) in [4.78, 5) is 12.4. The number of aromatic nitrogens is 3. The van der Waals surface area contributed by atoms with Crippen LogP contribution in [0.5, 0.6) is 0 Å². The normalized spacial score (nSPS) is 12.2. The van der Waals surface area contributed by atoms with E-state index in [4.69, 9.17) is 10.3 Å². The van der Waals surface area contributed by atoms with E-state index in [-0.39, 0.29) is 17.7 Å². The lowest BCUT2D eigenvalue weighted by Crippen LogP contribution is -2.28. The van der Waals surface area contributed by atoms with Crippen molar-refractivity contribution in [2.24, 2.45) is 0 Å². The lowest BCUT2D eigenvalue weighted by atomic mass is 10.1. The largest absolute Gasteiger partial charge is 0.459 e. The van der Waals surface area contributed by atoms with E-state index in [0.29, 0.717) is 16.7 Å². The number of nitrogens with two attached hydrogens (primary N) is 1. The summed E-state index contributed by atoms with van der Waals surface area (Å²) in [6.07, 6.45) is 0. The van der Waals surface area contributed by atoms with Gasteiger partial charge in [0.2, 0.25) is 11.1 Å². The lowest BCUT2D eigenvalue weighted by Gasteiger charge is -2.11. The van der Waals surface area contributed by atoms with E-state index >= 15 is 0 Å². The summed E-state index contributed by atoms with van der Waals surface area (Å²) in [6, 6.07) is 17.3. The molecular formula is C21H21N5O2S. The fourth-order valence-electron chi connectivity index (χ4n) is 3.08. The van der Waals surface area contributed by atoms with Crippen LogP contribution >= 0.6 is 11.8 Å². The number of nitrogens with zero attached hydrogens (tertiary/aromatic N) is 3. The number of nitrogens with one attached hydrogen (secondary N) is 1. The van der Waals surface area contributed by atoms with Crippen LogP contribution in [-0.4, -0.2) is 26.5 Å². The number of hydrogen-bond acceptors (Lipinski definition) is 6. The Labute approximate surface area is 172 Å². The highest BCUT2D eigenvalue weighted by Gasteiger charge is 2.17. The van der Waals surface area contributed by atoms with E-state index in [2.05, 4.69) is 15.5 Å². The Bertz CT molecular complexity index is 1130. The maximum Gasteiger partial charge on any atom is 0.231 e. The number of thioether (sulfide) groups is 1. The average molecular weight is 407 g/mol. The number of carbonyl (C=O) groups excluding carboxylic acids is 1. The molecule has 0 aliphatic heterocycles. The number of rotatable bonds is 6. The zero-order valence-corrected chi connectivity index (χ0v) is 16.9. The second-order valence-electron chi connectivity index (χ2n) is 6.76. The number of para-hydroxylation sites is 1. The molecule has 0 aliphatic carbocycles. The molecule has 0 unspecified atom stereocenters. The summed E-state index contributed by atoms with van der Waals surface area (Å²) in [7, 11) is 0. The van der Waals surface area contributed by atoms with Crippen molar-refractivity contribution in [1.29, 1.82) is 0 Å². The van der Waals surface area contributed by atoms with Crippen molar-refractivity contribution < 1.29 is 9.21 Å². The third kappa shape index (κ3) is 3.97. The van der Waals surface area contributed by atoms with Crippen LogP contribution in [-0.2, 0) is 4.79 Å². The Morgan fingerprint density at radius 2 is 1.97 bits per heavy atom. The molecule has 3 N–H and O–H groups in total. The molecule has 0 saturated heterocycles. The Morgan fingerprint density at radius 3 is 2.76 bits per heavy atom. The third-order valence-corrected chi connectivity index (χ3v) is 5.57. The molecular weight excluding hydrogens is 386 g/mol. The second-order valence-corrected chi connectivity index (χ2v) is 7.70. The topological polar surface area (TPSA) is 99.0 Å². The van der Waals surface area contributed by atoms with Crippen LogP contribution in [0, 0.1) is 6.92 Å². The summed E-state index contributed by atoms with van der Waals surface area (Å²) in [6.45, 7) is 3.88. The molecule has 4 rings (SSSR count). The number of furan rings is 1. The first-order valence-corrected chi connectivity index (χ1v) is 10.2. The fourth-order valence-corrected chi connectivity index (χ4v) is 3.75. The molecule has 4 aromatic rings. The van der Waals surface area contributed by atoms with Crippen LogP contribution < -0.4 is 11.2 Å². The van der Waals surface area contributed by atoms with E-state index in [9.17, 15) is 4.79 Å². The maximum absolute atomic E-state index is 12.4. The summed E-state index contributed by atoms with van der Waals surface area (Å²) in [5.74, 6) is 7.48. The van der Waals surface area contributed by atoms with Gasteiger partial charge in [0.1, 0.15) is 11.3 Å². The number of nitrogen functional groups attached to an aromatic ring is 1. The highest BCUT2D eigenvalue weighted by molar-refractivity contribution is 7.99. The number of fused-ring (bicyclic) bond motifs is 1. The van der Waals surface area contributed by atoms with Crippen LogP contribution in [0.4, 0.5) is 0 Å². The summed E-state index contributed by atoms with van der Waals surface area (Å²) in [5, 5.41) is 12.7. The third-order valence-electron chi connectivity index (χ3n) is 4.63. The van der Waals surface area contributed by atoms with Gasteiger partial charge in [0, 0.05) is 10.9 Å². The van der Waals surface area contributed by atoms with Gasteiger partial charge in [-0.2, -0.15) is 0 Å². The first-order valence-electron chi connectivity index (χ1n) is 9.20. The van der Waals surface area contributed by atoms with Gasteiger partial charge in [-0.25, -0.2) is 4.68 Å². The van der Waals surface area contributed by atoms with Gasteiger partial charge < -0.3 is 15.6 Å². The number of benzene rings is 2. The van der Waals surface area contributed by atoms with Gasteiger partial charge in [-0.3, -0.25) is 4.79 Å². The molecule has 2 heterocycles. The minimum atomic E-state index is -0.242. The number of aryl methyl sites for hydroxylation is 1. The summed E-state index contributed by atoms with van der Waals surface area (Å²) < 4.78 is 7.23. The van der Waals surface area contributed by atoms with Crippen LogP contribution in [0.15, 0.2) is 64.2 Å². The van der Waals surface area contributed by atoms with Crippen molar-refractivity contribution in [2.75, 3.05) is 11.6 Å². The van der Waals surface area contributed by atoms with Crippen molar-refractivity contribution in [3.8, 4) is 11.4 Å². The molecule has 0 spiro atoms. The van der Waals surface area contributed by atoms with Crippen LogP contribution in [0.3, 0.4) is 0 Å². The van der Waals surface area contributed by atoms with Crippen molar-refractivity contribution in [3.63, 3.8) is 0 Å². The van der Waals surface area contributed by atoms with E-state index in [0.717, 1.165) is 22.1 Å². The quantitative estimate of drug-likeness (QED) is 0.374. The minimum Gasteiger partial charge on any atom is -0.459 e. The van der Waals surface area contributed by atoms with Crippen LogP contribution in [0.25, 0.3) is 22.4 Å². The van der Waals surface area contributed by atoms with Crippen molar-refractivity contribution in [3.05, 3.63) is 65.9 Å². The number of carbonyl (C=O) groups is 1. The maximum atomic E-state index is 12.4.